The number of halogens is 2. The number of carbonyl (C=O) groups is 2. The quantitative estimate of drug-likeness (QED) is 0.726. The number of nitrogens with zero attached hydrogens (tertiary/aromatic N) is 1. The molecule has 2 N–H and O–H groups in total. The van der Waals surface area contributed by atoms with Gasteiger partial charge < -0.3 is 10.6 Å². The van der Waals surface area contributed by atoms with Crippen LogP contribution < -0.4 is 10.6 Å². The third kappa shape index (κ3) is 4.81. The van der Waals surface area contributed by atoms with E-state index in [-0.39, 0.29) is 23.4 Å². The summed E-state index contributed by atoms with van der Waals surface area (Å²) in [5.41, 5.74) is -0.0207. The Bertz CT molecular complexity index is 835. The highest BCUT2D eigenvalue weighted by molar-refractivity contribution is 7.90. The standard InChI is InChI=1S/C17H21F2N3O4S/c18-14-4-1-12(9-15(14)19)21-17(24)16(23)20-10-11-5-7-22(8-6-11)27(25,26)13-2-3-13/h1,4,9,11,13H,2-3,5-8,10H2,(H,20,23)(H,21,24). The number of hydrogen-bond acceptors (Lipinski definition) is 4. The van der Waals surface area contributed by atoms with E-state index in [2.05, 4.69) is 10.6 Å². The van der Waals surface area contributed by atoms with E-state index in [0.29, 0.717) is 25.9 Å². The molecule has 1 saturated heterocycles. The Balaban J connectivity index is 1.42. The molecule has 10 heteroatoms. The zero-order valence-electron chi connectivity index (χ0n) is 14.6. The fourth-order valence-corrected chi connectivity index (χ4v) is 4.90. The van der Waals surface area contributed by atoms with Crippen LogP contribution in [-0.4, -0.2) is 49.4 Å². The molecule has 27 heavy (non-hydrogen) atoms. The molecule has 0 spiro atoms. The van der Waals surface area contributed by atoms with E-state index in [1.807, 2.05) is 0 Å². The number of piperidine rings is 1. The molecule has 148 valence electrons. The maximum atomic E-state index is 13.1. The van der Waals surface area contributed by atoms with Gasteiger partial charge in [0.15, 0.2) is 11.6 Å². The number of hydrogen-bond donors (Lipinski definition) is 2. The van der Waals surface area contributed by atoms with Gasteiger partial charge in [-0.25, -0.2) is 21.5 Å². The highest BCUT2D eigenvalue weighted by Gasteiger charge is 2.41. The van der Waals surface area contributed by atoms with Gasteiger partial charge in [0.05, 0.1) is 5.25 Å². The second-order valence-electron chi connectivity index (χ2n) is 6.88. The van der Waals surface area contributed by atoms with Crippen molar-refractivity contribution in [1.82, 2.24) is 9.62 Å². The van der Waals surface area contributed by atoms with E-state index < -0.39 is 33.5 Å². The number of carbonyl (C=O) groups excluding carboxylic acids is 2. The zero-order chi connectivity index (χ0) is 19.6. The summed E-state index contributed by atoms with van der Waals surface area (Å²) >= 11 is 0. The number of sulfonamides is 1. The van der Waals surface area contributed by atoms with Crippen LogP contribution in [0.4, 0.5) is 14.5 Å². The van der Waals surface area contributed by atoms with Crippen LogP contribution >= 0.6 is 0 Å². The van der Waals surface area contributed by atoms with E-state index in [9.17, 15) is 26.8 Å². The molecule has 1 aliphatic carbocycles. The van der Waals surface area contributed by atoms with E-state index in [0.717, 1.165) is 31.0 Å². The van der Waals surface area contributed by atoms with E-state index >= 15 is 0 Å². The monoisotopic (exact) mass is 401 g/mol. The van der Waals surface area contributed by atoms with Crippen molar-refractivity contribution in [1.29, 1.82) is 0 Å². The predicted octanol–water partition coefficient (Wildman–Crippen LogP) is 1.22. The summed E-state index contributed by atoms with van der Waals surface area (Å²) in [6.07, 6.45) is 2.67. The third-order valence-corrected chi connectivity index (χ3v) is 7.21. The summed E-state index contributed by atoms with van der Waals surface area (Å²) in [6.45, 7) is 1.09. The Kier molecular flexibility index (Phi) is 5.75. The lowest BCUT2D eigenvalue weighted by atomic mass is 9.98. The van der Waals surface area contributed by atoms with Crippen molar-refractivity contribution in [3.05, 3.63) is 29.8 Å². The van der Waals surface area contributed by atoms with Crippen molar-refractivity contribution >= 4 is 27.5 Å². The maximum absolute atomic E-state index is 13.1. The summed E-state index contributed by atoms with van der Waals surface area (Å²) in [6, 6.07) is 2.79. The van der Waals surface area contributed by atoms with E-state index in [1.165, 1.54) is 4.31 Å². The molecule has 7 nitrogen and oxygen atoms in total. The SMILES string of the molecule is O=C(NCC1CCN(S(=O)(=O)C2CC2)CC1)C(=O)Nc1ccc(F)c(F)c1. The molecule has 0 unspecified atom stereocenters. The van der Waals surface area contributed by atoms with Crippen LogP contribution in [-0.2, 0) is 19.6 Å². The summed E-state index contributed by atoms with van der Waals surface area (Å²) in [5, 5.41) is 4.47. The average molecular weight is 401 g/mol. The first-order valence-corrected chi connectivity index (χ1v) is 10.3. The Hall–Kier alpha value is -2.07. The number of nitrogens with one attached hydrogen (secondary N) is 2. The molecule has 2 amide bonds. The average Bonchev–Trinajstić information content (AvgIpc) is 3.49. The van der Waals surface area contributed by atoms with Crippen molar-refractivity contribution in [2.45, 2.75) is 30.9 Å². The van der Waals surface area contributed by atoms with Gasteiger partial charge in [-0.05, 0) is 43.7 Å². The van der Waals surface area contributed by atoms with Crippen LogP contribution in [0.25, 0.3) is 0 Å². The van der Waals surface area contributed by atoms with Crippen LogP contribution in [0.3, 0.4) is 0 Å². The fraction of sp³-hybridized carbons (Fsp3) is 0.529. The first-order chi connectivity index (χ1) is 12.8. The molecule has 0 atom stereocenters. The minimum Gasteiger partial charge on any atom is -0.348 e. The summed E-state index contributed by atoms with van der Waals surface area (Å²) in [7, 11) is -3.17. The van der Waals surface area contributed by atoms with Gasteiger partial charge in [0.1, 0.15) is 0 Å². The van der Waals surface area contributed by atoms with Crippen molar-refractivity contribution < 1.29 is 26.8 Å². The Morgan fingerprint density at radius 2 is 1.70 bits per heavy atom. The molecule has 1 aromatic rings. The highest BCUT2D eigenvalue weighted by atomic mass is 32.2. The second kappa shape index (κ2) is 7.89. The molecule has 1 heterocycles. The van der Waals surface area contributed by atoms with Gasteiger partial charge in [0.2, 0.25) is 10.0 Å². The number of rotatable bonds is 5. The fourth-order valence-electron chi connectivity index (χ4n) is 3.02. The van der Waals surface area contributed by atoms with Crippen molar-refractivity contribution in [3.63, 3.8) is 0 Å². The molecule has 1 aromatic carbocycles. The largest absolute Gasteiger partial charge is 0.348 e. The van der Waals surface area contributed by atoms with Gasteiger partial charge in [-0.2, -0.15) is 0 Å². The Labute approximate surface area is 156 Å². The lowest BCUT2D eigenvalue weighted by molar-refractivity contribution is -0.136. The first kappa shape index (κ1) is 19.7. The van der Waals surface area contributed by atoms with Gasteiger partial charge in [-0.1, -0.05) is 0 Å². The van der Waals surface area contributed by atoms with Gasteiger partial charge in [0.25, 0.3) is 0 Å². The molecule has 3 rings (SSSR count). The summed E-state index contributed by atoms with van der Waals surface area (Å²) < 4.78 is 51.9. The molecule has 0 bridgehead atoms. The Morgan fingerprint density at radius 3 is 2.30 bits per heavy atom. The summed E-state index contributed by atoms with van der Waals surface area (Å²) in [4.78, 5) is 23.7. The Morgan fingerprint density at radius 1 is 1.04 bits per heavy atom. The van der Waals surface area contributed by atoms with Gasteiger partial charge in [-0.3, -0.25) is 9.59 Å². The molecule has 0 radical (unpaired) electrons. The van der Waals surface area contributed by atoms with Gasteiger partial charge >= 0.3 is 11.8 Å². The molecule has 1 aliphatic heterocycles. The number of anilines is 1. The molecular formula is C17H21F2N3O4S. The van der Waals surface area contributed by atoms with Crippen molar-refractivity contribution in [2.75, 3.05) is 25.0 Å². The normalized spacial score (nSPS) is 18.9. The smallest absolute Gasteiger partial charge is 0.313 e. The summed E-state index contributed by atoms with van der Waals surface area (Å²) in [5.74, 6) is -3.95. The molecule has 1 saturated carbocycles. The van der Waals surface area contributed by atoms with E-state index in [4.69, 9.17) is 0 Å². The van der Waals surface area contributed by atoms with Crippen LogP contribution in [0.2, 0.25) is 0 Å². The van der Waals surface area contributed by atoms with Crippen LogP contribution in [0.15, 0.2) is 18.2 Å². The van der Waals surface area contributed by atoms with Gasteiger partial charge in [-0.15, -0.1) is 0 Å². The third-order valence-electron chi connectivity index (χ3n) is 4.81. The minimum atomic E-state index is -3.17. The predicted molar refractivity (Wildman–Crippen MR) is 94.2 cm³/mol. The molecular weight excluding hydrogens is 380 g/mol. The van der Waals surface area contributed by atoms with Crippen LogP contribution in [0.1, 0.15) is 25.7 Å². The highest BCUT2D eigenvalue weighted by Crippen LogP contribution is 2.33. The van der Waals surface area contributed by atoms with Gasteiger partial charge in [0, 0.05) is 31.4 Å². The molecule has 0 aromatic heterocycles. The number of benzene rings is 1. The molecule has 2 aliphatic rings. The zero-order valence-corrected chi connectivity index (χ0v) is 15.4. The van der Waals surface area contributed by atoms with Crippen molar-refractivity contribution in [2.24, 2.45) is 5.92 Å². The lowest BCUT2D eigenvalue weighted by Gasteiger charge is -2.31. The second-order valence-corrected chi connectivity index (χ2v) is 9.09. The van der Waals surface area contributed by atoms with E-state index in [1.54, 1.807) is 0 Å². The first-order valence-electron chi connectivity index (χ1n) is 8.80. The van der Waals surface area contributed by atoms with Crippen LogP contribution in [0, 0.1) is 17.6 Å². The number of amides is 2. The van der Waals surface area contributed by atoms with Crippen molar-refractivity contribution in [3.8, 4) is 0 Å². The lowest BCUT2D eigenvalue weighted by Crippen LogP contribution is -2.44. The topological polar surface area (TPSA) is 95.6 Å². The molecule has 2 fully saturated rings. The maximum Gasteiger partial charge on any atom is 0.313 e. The van der Waals surface area contributed by atoms with Crippen LogP contribution in [0.5, 0.6) is 0 Å². The minimum absolute atomic E-state index is 0.0207.